The van der Waals surface area contributed by atoms with E-state index in [0.29, 0.717) is 36.9 Å². The highest BCUT2D eigenvalue weighted by Gasteiger charge is 2.34. The summed E-state index contributed by atoms with van der Waals surface area (Å²) < 4.78 is 0. The van der Waals surface area contributed by atoms with Crippen molar-refractivity contribution in [3.63, 3.8) is 0 Å². The molecule has 2 aliphatic heterocycles. The fourth-order valence-electron chi connectivity index (χ4n) is 3.89. The lowest BCUT2D eigenvalue weighted by Gasteiger charge is -2.29. The van der Waals surface area contributed by atoms with Gasteiger partial charge in [0.1, 0.15) is 0 Å². The van der Waals surface area contributed by atoms with E-state index < -0.39 is 6.10 Å². The number of hydrogen-bond acceptors (Lipinski definition) is 3. The van der Waals surface area contributed by atoms with Crippen molar-refractivity contribution >= 4 is 5.91 Å². The zero-order chi connectivity index (χ0) is 14.5. The Balaban J connectivity index is 1.67. The van der Waals surface area contributed by atoms with Gasteiger partial charge in [-0.2, -0.15) is 0 Å². The topological polar surface area (TPSA) is 61.4 Å². The van der Waals surface area contributed by atoms with Crippen LogP contribution in [0.1, 0.15) is 58.8 Å². The second kappa shape index (κ2) is 7.41. The van der Waals surface area contributed by atoms with Crippen LogP contribution in [-0.4, -0.2) is 35.7 Å². The Labute approximate surface area is 122 Å². The molecule has 3 atom stereocenters. The van der Waals surface area contributed by atoms with E-state index >= 15 is 0 Å². The average molecular weight is 282 g/mol. The Morgan fingerprint density at radius 3 is 2.40 bits per heavy atom. The maximum absolute atomic E-state index is 12.0. The molecule has 4 nitrogen and oxygen atoms in total. The zero-order valence-corrected chi connectivity index (χ0v) is 12.9. The van der Waals surface area contributed by atoms with E-state index in [9.17, 15) is 9.90 Å². The number of aliphatic hydroxyl groups excluding tert-OH is 1. The normalized spacial score (nSPS) is 30.5. The molecule has 2 saturated heterocycles. The summed E-state index contributed by atoms with van der Waals surface area (Å²) in [6.45, 7) is 4.58. The van der Waals surface area contributed by atoms with Crippen molar-refractivity contribution in [2.75, 3.05) is 6.54 Å². The first-order valence-electron chi connectivity index (χ1n) is 8.33. The summed E-state index contributed by atoms with van der Waals surface area (Å²) >= 11 is 0. The number of nitrogens with one attached hydrogen (secondary N) is 2. The van der Waals surface area contributed by atoms with Gasteiger partial charge in [-0.15, -0.1) is 0 Å². The van der Waals surface area contributed by atoms with Crippen LogP contribution in [0.25, 0.3) is 0 Å². The van der Waals surface area contributed by atoms with Crippen LogP contribution < -0.4 is 10.6 Å². The van der Waals surface area contributed by atoms with Crippen molar-refractivity contribution in [1.82, 2.24) is 10.6 Å². The van der Waals surface area contributed by atoms with Crippen LogP contribution >= 0.6 is 0 Å². The van der Waals surface area contributed by atoms with E-state index in [1.54, 1.807) is 0 Å². The van der Waals surface area contributed by atoms with Gasteiger partial charge in [0.2, 0.25) is 5.91 Å². The van der Waals surface area contributed by atoms with Gasteiger partial charge < -0.3 is 15.7 Å². The maximum Gasteiger partial charge on any atom is 0.220 e. The molecule has 4 heteroatoms. The summed E-state index contributed by atoms with van der Waals surface area (Å²) in [6.07, 6.45) is 6.98. The molecule has 0 aliphatic carbocycles. The fourth-order valence-corrected chi connectivity index (χ4v) is 3.89. The van der Waals surface area contributed by atoms with Crippen LogP contribution in [0.2, 0.25) is 0 Å². The maximum atomic E-state index is 12.0. The highest BCUT2D eigenvalue weighted by molar-refractivity contribution is 5.76. The average Bonchev–Trinajstić information content (AvgIpc) is 2.77. The Morgan fingerprint density at radius 1 is 1.25 bits per heavy atom. The number of piperidine rings is 1. The Hall–Kier alpha value is -0.610. The number of aliphatic hydroxyl groups is 1. The lowest BCUT2D eigenvalue weighted by molar-refractivity contribution is -0.122. The van der Waals surface area contributed by atoms with Gasteiger partial charge in [0.15, 0.2) is 0 Å². The third-order valence-corrected chi connectivity index (χ3v) is 5.15. The van der Waals surface area contributed by atoms with Crippen LogP contribution in [0.15, 0.2) is 0 Å². The Bertz CT molecular complexity index is 306. The summed E-state index contributed by atoms with van der Waals surface area (Å²) in [7, 11) is 0. The van der Waals surface area contributed by atoms with Crippen molar-refractivity contribution in [3.05, 3.63) is 0 Å². The minimum atomic E-state index is -0.404. The summed E-state index contributed by atoms with van der Waals surface area (Å²) in [5.41, 5.74) is 0. The molecule has 116 valence electrons. The molecule has 0 radical (unpaired) electrons. The fraction of sp³-hybridized carbons (Fsp3) is 0.938. The highest BCUT2D eigenvalue weighted by Crippen LogP contribution is 2.32. The molecule has 0 aromatic rings. The monoisotopic (exact) mass is 282 g/mol. The molecular formula is C16H30N2O2. The van der Waals surface area contributed by atoms with E-state index in [0.717, 1.165) is 25.7 Å². The Kier molecular flexibility index (Phi) is 5.85. The first kappa shape index (κ1) is 15.8. The van der Waals surface area contributed by atoms with Crippen molar-refractivity contribution in [1.29, 1.82) is 0 Å². The number of hydrogen-bond donors (Lipinski definition) is 3. The first-order chi connectivity index (χ1) is 9.62. The molecule has 2 rings (SSSR count). The predicted octanol–water partition coefficient (Wildman–Crippen LogP) is 1.82. The number of carbonyl (C=O) groups excluding carboxylic acids is 1. The Morgan fingerprint density at radius 2 is 1.85 bits per heavy atom. The summed E-state index contributed by atoms with van der Waals surface area (Å²) in [5, 5.41) is 16.6. The van der Waals surface area contributed by atoms with Gasteiger partial charge in [0.05, 0.1) is 6.10 Å². The van der Waals surface area contributed by atoms with E-state index in [1.807, 2.05) is 0 Å². The number of carbonyl (C=O) groups is 1. The van der Waals surface area contributed by atoms with Gasteiger partial charge in [-0.1, -0.05) is 26.7 Å². The molecule has 2 aliphatic rings. The van der Waals surface area contributed by atoms with Crippen LogP contribution in [-0.2, 0) is 4.79 Å². The van der Waals surface area contributed by atoms with Gasteiger partial charge in [0, 0.05) is 25.0 Å². The molecule has 2 fully saturated rings. The molecule has 3 unspecified atom stereocenters. The molecule has 20 heavy (non-hydrogen) atoms. The summed E-state index contributed by atoms with van der Waals surface area (Å²) in [5.74, 6) is 0.936. The molecule has 0 spiro atoms. The van der Waals surface area contributed by atoms with Crippen LogP contribution in [0.3, 0.4) is 0 Å². The minimum absolute atomic E-state index is 0.112. The predicted molar refractivity (Wildman–Crippen MR) is 80.4 cm³/mol. The van der Waals surface area contributed by atoms with E-state index in [1.165, 1.54) is 12.8 Å². The second-order valence-electron chi connectivity index (χ2n) is 6.63. The molecule has 3 N–H and O–H groups in total. The molecule has 0 aromatic carbocycles. The quantitative estimate of drug-likeness (QED) is 0.667. The highest BCUT2D eigenvalue weighted by atomic mass is 16.3. The van der Waals surface area contributed by atoms with Gasteiger partial charge >= 0.3 is 0 Å². The van der Waals surface area contributed by atoms with Gasteiger partial charge in [0.25, 0.3) is 0 Å². The summed E-state index contributed by atoms with van der Waals surface area (Å²) in [6, 6.07) is 1.28. The van der Waals surface area contributed by atoms with Gasteiger partial charge in [-0.05, 0) is 37.5 Å². The standard InChI is InChI=1S/C16H30N2O2/c1-3-12(4-2)15(19)10-17-16(20)9-11-7-13-5-6-14(8-11)18-13/h11-15,18-19H,3-10H2,1-2H3,(H,17,20). The third kappa shape index (κ3) is 4.19. The molecule has 0 aromatic heterocycles. The van der Waals surface area contributed by atoms with Crippen molar-refractivity contribution in [3.8, 4) is 0 Å². The largest absolute Gasteiger partial charge is 0.391 e. The van der Waals surface area contributed by atoms with Crippen molar-refractivity contribution in [2.45, 2.75) is 77.0 Å². The lowest BCUT2D eigenvalue weighted by Crippen LogP contribution is -2.41. The number of fused-ring (bicyclic) bond motifs is 2. The van der Waals surface area contributed by atoms with Crippen LogP contribution in [0.4, 0.5) is 0 Å². The second-order valence-corrected chi connectivity index (χ2v) is 6.63. The van der Waals surface area contributed by atoms with Crippen molar-refractivity contribution < 1.29 is 9.90 Å². The minimum Gasteiger partial charge on any atom is -0.391 e. The SMILES string of the molecule is CCC(CC)C(O)CNC(=O)CC1CC2CCC(C1)N2. The van der Waals surface area contributed by atoms with E-state index in [4.69, 9.17) is 0 Å². The van der Waals surface area contributed by atoms with Crippen LogP contribution in [0, 0.1) is 11.8 Å². The molecule has 0 saturated carbocycles. The third-order valence-electron chi connectivity index (χ3n) is 5.15. The van der Waals surface area contributed by atoms with Gasteiger partial charge in [-0.3, -0.25) is 4.79 Å². The van der Waals surface area contributed by atoms with Gasteiger partial charge in [-0.25, -0.2) is 0 Å². The number of rotatable bonds is 7. The lowest BCUT2D eigenvalue weighted by atomic mass is 9.89. The molecule has 2 bridgehead atoms. The van der Waals surface area contributed by atoms with E-state index in [-0.39, 0.29) is 5.91 Å². The smallest absolute Gasteiger partial charge is 0.220 e. The van der Waals surface area contributed by atoms with Crippen molar-refractivity contribution in [2.24, 2.45) is 11.8 Å². The van der Waals surface area contributed by atoms with Crippen LogP contribution in [0.5, 0.6) is 0 Å². The molecule has 1 amide bonds. The number of amides is 1. The first-order valence-corrected chi connectivity index (χ1v) is 8.33. The molecular weight excluding hydrogens is 252 g/mol. The van der Waals surface area contributed by atoms with E-state index in [2.05, 4.69) is 24.5 Å². The molecule has 2 heterocycles. The summed E-state index contributed by atoms with van der Waals surface area (Å²) in [4.78, 5) is 12.0. The zero-order valence-electron chi connectivity index (χ0n) is 12.9.